The molecule has 130 valence electrons. The summed E-state index contributed by atoms with van der Waals surface area (Å²) in [4.78, 5) is 32.2. The van der Waals surface area contributed by atoms with Crippen LogP contribution in [0.25, 0.3) is 0 Å². The minimum atomic E-state index is -0.210. The predicted octanol–water partition coefficient (Wildman–Crippen LogP) is 1.86. The number of rotatable bonds is 3. The molecule has 3 unspecified atom stereocenters. The van der Waals surface area contributed by atoms with Gasteiger partial charge in [0, 0.05) is 25.2 Å². The molecule has 3 atom stereocenters. The van der Waals surface area contributed by atoms with Crippen molar-refractivity contribution < 1.29 is 9.59 Å². The molecule has 0 N–H and O–H groups in total. The minimum Gasteiger partial charge on any atom is -0.338 e. The van der Waals surface area contributed by atoms with Gasteiger partial charge in [0.2, 0.25) is 11.8 Å². The summed E-state index contributed by atoms with van der Waals surface area (Å²) >= 11 is 0. The van der Waals surface area contributed by atoms with Gasteiger partial charge in [-0.3, -0.25) is 14.5 Å². The Hall–Kier alpha value is -1.10. The van der Waals surface area contributed by atoms with Gasteiger partial charge in [-0.1, -0.05) is 0 Å². The number of nitrogens with zero attached hydrogens (tertiary/aromatic N) is 3. The first-order chi connectivity index (χ1) is 11.0. The van der Waals surface area contributed by atoms with Gasteiger partial charge in [0.1, 0.15) is 6.04 Å². The lowest BCUT2D eigenvalue weighted by Crippen LogP contribution is -2.54. The summed E-state index contributed by atoms with van der Waals surface area (Å²) in [5.41, 5.74) is 0. The summed E-state index contributed by atoms with van der Waals surface area (Å²) in [6.07, 6.45) is 6.01. The molecule has 0 spiro atoms. The molecule has 0 aliphatic carbocycles. The Balaban J connectivity index is 1.71. The fourth-order valence-electron chi connectivity index (χ4n) is 4.60. The van der Waals surface area contributed by atoms with Crippen molar-refractivity contribution in [1.29, 1.82) is 0 Å². The number of hydrogen-bond donors (Lipinski definition) is 0. The van der Waals surface area contributed by atoms with Crippen molar-refractivity contribution in [3.63, 3.8) is 0 Å². The van der Waals surface area contributed by atoms with Crippen LogP contribution in [0, 0.1) is 0 Å². The maximum atomic E-state index is 13.1. The quantitative estimate of drug-likeness (QED) is 0.797. The van der Waals surface area contributed by atoms with Crippen molar-refractivity contribution in [1.82, 2.24) is 14.7 Å². The van der Waals surface area contributed by atoms with Gasteiger partial charge in [-0.2, -0.15) is 0 Å². The van der Waals surface area contributed by atoms with Crippen molar-refractivity contribution in [2.45, 2.75) is 83.5 Å². The SMILES string of the molecule is CC1CCCN1C(=O)C1CCCN1C(=O)C1CCCN1C(C)C. The van der Waals surface area contributed by atoms with Crippen LogP contribution >= 0.6 is 0 Å². The molecule has 0 radical (unpaired) electrons. The van der Waals surface area contributed by atoms with E-state index in [2.05, 4.69) is 25.7 Å². The highest BCUT2D eigenvalue weighted by molar-refractivity contribution is 5.90. The molecule has 0 aromatic heterocycles. The zero-order valence-corrected chi connectivity index (χ0v) is 14.8. The fraction of sp³-hybridized carbons (Fsp3) is 0.889. The van der Waals surface area contributed by atoms with E-state index in [-0.39, 0.29) is 23.9 Å². The first-order valence-electron chi connectivity index (χ1n) is 9.37. The highest BCUT2D eigenvalue weighted by Crippen LogP contribution is 2.28. The zero-order chi connectivity index (χ0) is 16.6. The number of amides is 2. The Morgan fingerprint density at radius 1 is 0.826 bits per heavy atom. The van der Waals surface area contributed by atoms with E-state index in [1.807, 2.05) is 9.80 Å². The van der Waals surface area contributed by atoms with Crippen LogP contribution in [-0.2, 0) is 9.59 Å². The third-order valence-electron chi connectivity index (χ3n) is 5.90. The van der Waals surface area contributed by atoms with Crippen LogP contribution in [0.15, 0.2) is 0 Å². The summed E-state index contributed by atoms with van der Waals surface area (Å²) in [7, 11) is 0. The van der Waals surface area contributed by atoms with E-state index in [9.17, 15) is 9.59 Å². The molecular weight excluding hydrogens is 290 g/mol. The zero-order valence-electron chi connectivity index (χ0n) is 14.8. The van der Waals surface area contributed by atoms with E-state index in [1.54, 1.807) is 0 Å². The molecular formula is C18H31N3O2. The van der Waals surface area contributed by atoms with Gasteiger partial charge in [0.15, 0.2) is 0 Å². The summed E-state index contributed by atoms with van der Waals surface area (Å²) in [5.74, 6) is 0.383. The lowest BCUT2D eigenvalue weighted by Gasteiger charge is -2.34. The Morgan fingerprint density at radius 3 is 2.04 bits per heavy atom. The standard InChI is InChI=1S/C18H31N3O2/c1-13(2)19-10-5-8-15(19)18(23)21-12-6-9-16(21)17(22)20-11-4-7-14(20)3/h13-16H,4-12H2,1-3H3. The molecule has 3 heterocycles. The summed E-state index contributed by atoms with van der Waals surface area (Å²) < 4.78 is 0. The second-order valence-electron chi connectivity index (χ2n) is 7.70. The Kier molecular flexibility index (Phi) is 4.95. The first-order valence-corrected chi connectivity index (χ1v) is 9.37. The van der Waals surface area contributed by atoms with Crippen molar-refractivity contribution >= 4 is 11.8 Å². The molecule has 5 heteroatoms. The van der Waals surface area contributed by atoms with E-state index >= 15 is 0 Å². The van der Waals surface area contributed by atoms with Gasteiger partial charge >= 0.3 is 0 Å². The van der Waals surface area contributed by atoms with Crippen LogP contribution in [-0.4, -0.2) is 70.3 Å². The van der Waals surface area contributed by atoms with Crippen LogP contribution < -0.4 is 0 Å². The average molecular weight is 321 g/mol. The normalized spacial score (nSPS) is 32.3. The Morgan fingerprint density at radius 2 is 1.39 bits per heavy atom. The summed E-state index contributed by atoms with van der Waals surface area (Å²) in [5, 5.41) is 0. The maximum absolute atomic E-state index is 13.1. The van der Waals surface area contributed by atoms with Crippen molar-refractivity contribution in [2.75, 3.05) is 19.6 Å². The van der Waals surface area contributed by atoms with E-state index in [1.165, 1.54) is 0 Å². The van der Waals surface area contributed by atoms with Gasteiger partial charge in [-0.05, 0) is 65.8 Å². The Bertz CT molecular complexity index is 465. The van der Waals surface area contributed by atoms with E-state index < -0.39 is 0 Å². The van der Waals surface area contributed by atoms with Crippen LogP contribution in [0.2, 0.25) is 0 Å². The van der Waals surface area contributed by atoms with Gasteiger partial charge in [-0.25, -0.2) is 0 Å². The number of carbonyl (C=O) groups is 2. The van der Waals surface area contributed by atoms with Crippen LogP contribution in [0.1, 0.15) is 59.3 Å². The molecule has 5 nitrogen and oxygen atoms in total. The molecule has 3 aliphatic rings. The van der Waals surface area contributed by atoms with E-state index in [4.69, 9.17) is 0 Å². The fourth-order valence-corrected chi connectivity index (χ4v) is 4.60. The van der Waals surface area contributed by atoms with Gasteiger partial charge in [-0.15, -0.1) is 0 Å². The minimum absolute atomic E-state index is 0.0144. The predicted molar refractivity (Wildman–Crippen MR) is 90.0 cm³/mol. The second kappa shape index (κ2) is 6.80. The third kappa shape index (κ3) is 3.12. The monoisotopic (exact) mass is 321 g/mol. The van der Waals surface area contributed by atoms with Crippen LogP contribution in [0.4, 0.5) is 0 Å². The number of hydrogen-bond acceptors (Lipinski definition) is 3. The van der Waals surface area contributed by atoms with Crippen molar-refractivity contribution in [3.8, 4) is 0 Å². The highest BCUT2D eigenvalue weighted by atomic mass is 16.2. The topological polar surface area (TPSA) is 43.9 Å². The molecule has 0 bridgehead atoms. The molecule has 3 aliphatic heterocycles. The lowest BCUT2D eigenvalue weighted by molar-refractivity contribution is -0.146. The van der Waals surface area contributed by atoms with Crippen LogP contribution in [0.5, 0.6) is 0 Å². The molecule has 3 saturated heterocycles. The molecule has 2 amide bonds. The third-order valence-corrected chi connectivity index (χ3v) is 5.90. The molecule has 3 fully saturated rings. The van der Waals surface area contributed by atoms with Crippen molar-refractivity contribution in [2.24, 2.45) is 0 Å². The summed E-state index contributed by atoms with van der Waals surface area (Å²) in [6.45, 7) is 9.06. The van der Waals surface area contributed by atoms with Gasteiger partial charge < -0.3 is 9.80 Å². The lowest BCUT2D eigenvalue weighted by atomic mass is 10.1. The first kappa shape index (κ1) is 16.7. The molecule has 3 rings (SSSR count). The second-order valence-corrected chi connectivity index (χ2v) is 7.70. The maximum Gasteiger partial charge on any atom is 0.245 e. The number of carbonyl (C=O) groups excluding carboxylic acids is 2. The smallest absolute Gasteiger partial charge is 0.245 e. The van der Waals surface area contributed by atoms with E-state index in [0.717, 1.165) is 58.2 Å². The van der Waals surface area contributed by atoms with Gasteiger partial charge in [0.05, 0.1) is 6.04 Å². The number of likely N-dealkylation sites (tertiary alicyclic amines) is 3. The highest BCUT2D eigenvalue weighted by Gasteiger charge is 2.43. The average Bonchev–Trinajstić information content (AvgIpc) is 3.25. The van der Waals surface area contributed by atoms with Gasteiger partial charge in [0.25, 0.3) is 0 Å². The van der Waals surface area contributed by atoms with E-state index in [0.29, 0.717) is 12.1 Å². The van der Waals surface area contributed by atoms with Crippen LogP contribution in [0.3, 0.4) is 0 Å². The summed E-state index contributed by atoms with van der Waals surface area (Å²) in [6, 6.07) is 0.498. The Labute approximate surface area is 140 Å². The largest absolute Gasteiger partial charge is 0.338 e. The molecule has 23 heavy (non-hydrogen) atoms. The molecule has 0 aromatic carbocycles. The molecule has 0 saturated carbocycles. The van der Waals surface area contributed by atoms with Crippen molar-refractivity contribution in [3.05, 3.63) is 0 Å². The molecule has 0 aromatic rings.